The average Bonchev–Trinajstić information content (AvgIpc) is 3.11. The van der Waals surface area contributed by atoms with Gasteiger partial charge >= 0.3 is 5.97 Å². The van der Waals surface area contributed by atoms with Gasteiger partial charge in [-0.1, -0.05) is 42.5 Å². The van der Waals surface area contributed by atoms with Crippen LogP contribution in [0.4, 0.5) is 5.69 Å². The highest BCUT2D eigenvalue weighted by molar-refractivity contribution is 5.96. The minimum Gasteiger partial charge on any atom is -0.492 e. The zero-order valence-electron chi connectivity index (χ0n) is 17.2. The summed E-state index contributed by atoms with van der Waals surface area (Å²) in [4.78, 5) is 38.9. The number of rotatable bonds is 8. The Morgan fingerprint density at radius 2 is 1.83 bits per heavy atom. The lowest BCUT2D eigenvalue weighted by atomic mass is 10.1. The number of hydrogen-bond donors (Lipinski definition) is 1. The quantitative estimate of drug-likeness (QED) is 0.677. The van der Waals surface area contributed by atoms with Gasteiger partial charge in [-0.05, 0) is 31.5 Å². The van der Waals surface area contributed by atoms with Crippen molar-refractivity contribution in [2.45, 2.75) is 32.9 Å². The van der Waals surface area contributed by atoms with E-state index in [1.165, 1.54) is 6.92 Å². The van der Waals surface area contributed by atoms with Crippen LogP contribution in [-0.4, -0.2) is 41.9 Å². The van der Waals surface area contributed by atoms with E-state index in [2.05, 4.69) is 5.32 Å². The molecule has 1 aliphatic rings. The van der Waals surface area contributed by atoms with Crippen molar-refractivity contribution < 1.29 is 23.9 Å². The number of carbonyl (C=O) groups excluding carboxylic acids is 3. The van der Waals surface area contributed by atoms with Gasteiger partial charge in [-0.3, -0.25) is 14.4 Å². The molecular formula is C23H26N2O5. The Morgan fingerprint density at radius 3 is 2.57 bits per heavy atom. The molecule has 0 saturated carbocycles. The van der Waals surface area contributed by atoms with E-state index in [9.17, 15) is 14.4 Å². The third kappa shape index (κ3) is 5.37. The largest absolute Gasteiger partial charge is 0.492 e. The molecule has 0 spiro atoms. The Hall–Kier alpha value is -3.35. The van der Waals surface area contributed by atoms with Crippen LogP contribution in [0.25, 0.3) is 0 Å². The maximum absolute atomic E-state index is 12.5. The number of esters is 1. The monoisotopic (exact) mass is 410 g/mol. The van der Waals surface area contributed by atoms with E-state index in [0.29, 0.717) is 24.6 Å². The van der Waals surface area contributed by atoms with Crippen LogP contribution in [0.5, 0.6) is 5.75 Å². The lowest BCUT2D eigenvalue weighted by molar-refractivity contribution is -0.157. The number of likely N-dealkylation sites (tertiary alicyclic amines) is 1. The third-order valence-corrected chi connectivity index (χ3v) is 4.87. The number of nitrogens with zero attached hydrogens (tertiary/aromatic N) is 1. The van der Waals surface area contributed by atoms with Gasteiger partial charge in [-0.2, -0.15) is 0 Å². The van der Waals surface area contributed by atoms with Gasteiger partial charge in [0.25, 0.3) is 5.91 Å². The summed E-state index contributed by atoms with van der Waals surface area (Å²) in [5, 5.41) is 2.72. The molecule has 1 aliphatic heterocycles. The highest BCUT2D eigenvalue weighted by Gasteiger charge is 2.36. The SMILES string of the molecule is CCOc1ccccc1NC(=O)[C@H](C)OC(=O)[C@H]1CC(=O)N(Cc2ccccc2)C1. The van der Waals surface area contributed by atoms with Crippen LogP contribution >= 0.6 is 0 Å². The van der Waals surface area contributed by atoms with Crippen molar-refractivity contribution in [3.8, 4) is 5.75 Å². The molecule has 0 aromatic heterocycles. The molecule has 2 aromatic carbocycles. The zero-order valence-corrected chi connectivity index (χ0v) is 17.2. The van der Waals surface area contributed by atoms with E-state index in [-0.39, 0.29) is 18.9 Å². The Labute approximate surface area is 176 Å². The average molecular weight is 410 g/mol. The standard InChI is InChI=1S/C23H26N2O5/c1-3-29-20-12-8-7-11-19(20)24-22(27)16(2)30-23(28)18-13-21(26)25(15-18)14-17-9-5-4-6-10-17/h4-12,16,18H,3,13-15H2,1-2H3,(H,24,27)/t16-,18-/m0/s1. The van der Waals surface area contributed by atoms with Crippen molar-refractivity contribution in [3.63, 3.8) is 0 Å². The van der Waals surface area contributed by atoms with Crippen LogP contribution in [0.3, 0.4) is 0 Å². The Morgan fingerprint density at radius 1 is 1.13 bits per heavy atom. The van der Waals surface area contributed by atoms with Gasteiger partial charge in [0.2, 0.25) is 5.91 Å². The van der Waals surface area contributed by atoms with E-state index < -0.39 is 23.9 Å². The highest BCUT2D eigenvalue weighted by atomic mass is 16.5. The normalized spacial score (nSPS) is 16.8. The summed E-state index contributed by atoms with van der Waals surface area (Å²) >= 11 is 0. The molecule has 1 fully saturated rings. The summed E-state index contributed by atoms with van der Waals surface area (Å²) in [5.74, 6) is -1.12. The maximum Gasteiger partial charge on any atom is 0.312 e. The lowest BCUT2D eigenvalue weighted by Crippen LogP contribution is -2.33. The summed E-state index contributed by atoms with van der Waals surface area (Å²) in [6, 6.07) is 16.7. The third-order valence-electron chi connectivity index (χ3n) is 4.87. The molecule has 0 unspecified atom stereocenters. The van der Waals surface area contributed by atoms with Crippen LogP contribution in [0.2, 0.25) is 0 Å². The molecule has 1 N–H and O–H groups in total. The van der Waals surface area contributed by atoms with Gasteiger partial charge in [-0.25, -0.2) is 0 Å². The topological polar surface area (TPSA) is 84.9 Å². The number of ether oxygens (including phenoxy) is 2. The fraction of sp³-hybridized carbons (Fsp3) is 0.348. The molecule has 0 aliphatic carbocycles. The second kappa shape index (κ2) is 9.91. The minimum atomic E-state index is -0.995. The van der Waals surface area contributed by atoms with Crippen LogP contribution < -0.4 is 10.1 Å². The molecule has 2 atom stereocenters. The Balaban J connectivity index is 1.54. The molecule has 7 heteroatoms. The molecule has 7 nitrogen and oxygen atoms in total. The van der Waals surface area contributed by atoms with Crippen molar-refractivity contribution in [2.24, 2.45) is 5.92 Å². The number of anilines is 1. The van der Waals surface area contributed by atoms with Gasteiger partial charge in [0.1, 0.15) is 5.75 Å². The summed E-state index contributed by atoms with van der Waals surface area (Å²) in [5.41, 5.74) is 1.51. The van der Waals surface area contributed by atoms with Crippen molar-refractivity contribution in [1.82, 2.24) is 4.90 Å². The van der Waals surface area contributed by atoms with E-state index in [4.69, 9.17) is 9.47 Å². The fourth-order valence-corrected chi connectivity index (χ4v) is 3.30. The highest BCUT2D eigenvalue weighted by Crippen LogP contribution is 2.25. The predicted molar refractivity (Wildman–Crippen MR) is 112 cm³/mol. The first-order valence-corrected chi connectivity index (χ1v) is 10.0. The number of hydrogen-bond acceptors (Lipinski definition) is 5. The van der Waals surface area contributed by atoms with Gasteiger partial charge in [0, 0.05) is 19.5 Å². The van der Waals surface area contributed by atoms with Crippen molar-refractivity contribution >= 4 is 23.5 Å². The van der Waals surface area contributed by atoms with Crippen LogP contribution in [0.15, 0.2) is 54.6 Å². The van der Waals surface area contributed by atoms with Gasteiger partial charge in [-0.15, -0.1) is 0 Å². The molecule has 30 heavy (non-hydrogen) atoms. The molecule has 1 heterocycles. The van der Waals surface area contributed by atoms with E-state index in [1.807, 2.05) is 43.3 Å². The molecular weight excluding hydrogens is 384 g/mol. The summed E-state index contributed by atoms with van der Waals surface area (Å²) in [6.07, 6.45) is -0.904. The van der Waals surface area contributed by atoms with Gasteiger partial charge < -0.3 is 19.7 Å². The second-order valence-electron chi connectivity index (χ2n) is 7.16. The summed E-state index contributed by atoms with van der Waals surface area (Å²) in [6.45, 7) is 4.57. The van der Waals surface area contributed by atoms with Gasteiger partial charge in [0.05, 0.1) is 18.2 Å². The molecule has 0 radical (unpaired) electrons. The zero-order chi connectivity index (χ0) is 21.5. The predicted octanol–water partition coefficient (Wildman–Crippen LogP) is 3.00. The molecule has 0 bridgehead atoms. The Kier molecular flexibility index (Phi) is 7.06. The van der Waals surface area contributed by atoms with E-state index in [1.54, 1.807) is 23.1 Å². The first kappa shape index (κ1) is 21.4. The first-order chi connectivity index (χ1) is 14.5. The van der Waals surface area contributed by atoms with Crippen molar-refractivity contribution in [3.05, 3.63) is 60.2 Å². The minimum absolute atomic E-state index is 0.0905. The van der Waals surface area contributed by atoms with E-state index in [0.717, 1.165) is 5.56 Å². The second-order valence-corrected chi connectivity index (χ2v) is 7.16. The molecule has 2 aromatic rings. The number of para-hydroxylation sites is 2. The fourth-order valence-electron chi connectivity index (χ4n) is 3.30. The molecule has 3 rings (SSSR count). The van der Waals surface area contributed by atoms with Crippen molar-refractivity contribution in [1.29, 1.82) is 0 Å². The molecule has 2 amide bonds. The van der Waals surface area contributed by atoms with Crippen molar-refractivity contribution in [2.75, 3.05) is 18.5 Å². The number of amides is 2. The first-order valence-electron chi connectivity index (χ1n) is 10.0. The number of benzene rings is 2. The molecule has 1 saturated heterocycles. The smallest absolute Gasteiger partial charge is 0.312 e. The number of nitrogens with one attached hydrogen (secondary N) is 1. The van der Waals surface area contributed by atoms with Gasteiger partial charge in [0.15, 0.2) is 6.10 Å². The summed E-state index contributed by atoms with van der Waals surface area (Å²) < 4.78 is 10.8. The summed E-state index contributed by atoms with van der Waals surface area (Å²) in [7, 11) is 0. The van der Waals surface area contributed by atoms with E-state index >= 15 is 0 Å². The van der Waals surface area contributed by atoms with Crippen LogP contribution in [-0.2, 0) is 25.7 Å². The molecule has 158 valence electrons. The maximum atomic E-state index is 12.5. The lowest BCUT2D eigenvalue weighted by Gasteiger charge is -2.18. The Bertz CT molecular complexity index is 899. The van der Waals surface area contributed by atoms with Crippen LogP contribution in [0.1, 0.15) is 25.8 Å². The van der Waals surface area contributed by atoms with Crippen LogP contribution in [0, 0.1) is 5.92 Å². The number of carbonyl (C=O) groups is 3.